The van der Waals surface area contributed by atoms with Gasteiger partial charge in [0.25, 0.3) is 0 Å². The molecule has 25 heavy (non-hydrogen) atoms. The number of aliphatic hydroxyl groups is 2. The van der Waals surface area contributed by atoms with Gasteiger partial charge in [0.2, 0.25) is 0 Å². The quantitative estimate of drug-likeness (QED) is 0.763. The summed E-state index contributed by atoms with van der Waals surface area (Å²) in [5, 5.41) is 19.7. The zero-order chi connectivity index (χ0) is 18.7. The third kappa shape index (κ3) is 9.39. The van der Waals surface area contributed by atoms with Gasteiger partial charge in [-0.15, -0.1) is 0 Å². The molecule has 2 unspecified atom stereocenters. The van der Waals surface area contributed by atoms with E-state index in [0.29, 0.717) is 26.2 Å². The van der Waals surface area contributed by atoms with Gasteiger partial charge >= 0.3 is 6.09 Å². The van der Waals surface area contributed by atoms with Gasteiger partial charge in [-0.2, -0.15) is 0 Å². The van der Waals surface area contributed by atoms with Crippen molar-refractivity contribution >= 4 is 6.09 Å². The van der Waals surface area contributed by atoms with Crippen molar-refractivity contribution in [1.82, 2.24) is 14.7 Å². The first-order chi connectivity index (χ1) is 12.0. The van der Waals surface area contributed by atoms with E-state index in [1.165, 1.54) is 7.11 Å². The minimum atomic E-state index is -0.359. The lowest BCUT2D eigenvalue weighted by Crippen LogP contribution is -2.41. The van der Waals surface area contributed by atoms with Crippen LogP contribution >= 0.6 is 0 Å². The SMILES string of the molecule is CCC(O)CN1CCCN(CC(C)O)CCCN(C(=O)OC)CCC1. The van der Waals surface area contributed by atoms with E-state index < -0.39 is 0 Å². The molecule has 148 valence electrons. The zero-order valence-corrected chi connectivity index (χ0v) is 16.2. The number of carbonyl (C=O) groups is 1. The fraction of sp³-hybridized carbons (Fsp3) is 0.944. The number of amides is 1. The van der Waals surface area contributed by atoms with Crippen molar-refractivity contribution in [3.63, 3.8) is 0 Å². The first kappa shape index (κ1) is 22.2. The number of rotatable bonds is 5. The number of aliphatic hydroxyl groups excluding tert-OH is 2. The van der Waals surface area contributed by atoms with E-state index in [-0.39, 0.29) is 18.3 Å². The molecule has 7 nitrogen and oxygen atoms in total. The second kappa shape index (κ2) is 12.5. The Kier molecular flexibility index (Phi) is 11.0. The van der Waals surface area contributed by atoms with Crippen LogP contribution in [0.25, 0.3) is 0 Å². The average molecular weight is 360 g/mol. The van der Waals surface area contributed by atoms with Gasteiger partial charge in [-0.05, 0) is 58.8 Å². The van der Waals surface area contributed by atoms with Gasteiger partial charge in [0, 0.05) is 26.2 Å². The smallest absolute Gasteiger partial charge is 0.409 e. The highest BCUT2D eigenvalue weighted by atomic mass is 16.5. The third-order valence-corrected chi connectivity index (χ3v) is 4.65. The molecule has 0 spiro atoms. The van der Waals surface area contributed by atoms with Gasteiger partial charge in [0.1, 0.15) is 0 Å². The molecule has 2 atom stereocenters. The van der Waals surface area contributed by atoms with Crippen LogP contribution in [-0.2, 0) is 4.74 Å². The first-order valence-electron chi connectivity index (χ1n) is 9.60. The summed E-state index contributed by atoms with van der Waals surface area (Å²) in [6, 6.07) is 0. The van der Waals surface area contributed by atoms with Crippen LogP contribution in [0.15, 0.2) is 0 Å². The summed E-state index contributed by atoms with van der Waals surface area (Å²) in [5.41, 5.74) is 0. The molecule has 1 saturated heterocycles. The van der Waals surface area contributed by atoms with E-state index in [2.05, 4.69) is 9.80 Å². The Bertz CT molecular complexity index is 368. The Balaban J connectivity index is 2.69. The van der Waals surface area contributed by atoms with Crippen LogP contribution in [0.1, 0.15) is 39.5 Å². The molecular weight excluding hydrogens is 322 g/mol. The van der Waals surface area contributed by atoms with Crippen LogP contribution in [0, 0.1) is 0 Å². The predicted octanol–water partition coefficient (Wildman–Crippen LogP) is 0.994. The van der Waals surface area contributed by atoms with Gasteiger partial charge in [0.15, 0.2) is 0 Å². The normalized spacial score (nSPS) is 21.9. The fourth-order valence-corrected chi connectivity index (χ4v) is 3.30. The maximum absolute atomic E-state index is 11.9. The Morgan fingerprint density at radius 2 is 1.44 bits per heavy atom. The highest BCUT2D eigenvalue weighted by Gasteiger charge is 2.18. The fourth-order valence-electron chi connectivity index (χ4n) is 3.30. The molecule has 7 heteroatoms. The number of ether oxygens (including phenoxy) is 1. The van der Waals surface area contributed by atoms with Crippen molar-refractivity contribution in [2.75, 3.05) is 59.5 Å². The molecule has 0 aromatic heterocycles. The van der Waals surface area contributed by atoms with E-state index in [0.717, 1.165) is 51.9 Å². The standard InChI is InChI=1S/C18H37N3O4/c1-4-17(23)15-20-9-5-8-19(14-16(2)22)10-6-12-21(13-7-11-20)18(24)25-3/h16-17,22-23H,4-15H2,1-3H3. The second-order valence-electron chi connectivity index (χ2n) is 7.03. The first-order valence-corrected chi connectivity index (χ1v) is 9.60. The number of β-amino-alcohol motifs (C(OH)–C–C–N with tert-alkyl or cyclic N) is 2. The summed E-state index contributed by atoms with van der Waals surface area (Å²) in [7, 11) is 1.42. The number of hydrogen-bond acceptors (Lipinski definition) is 6. The molecule has 0 saturated carbocycles. The lowest BCUT2D eigenvalue weighted by molar-refractivity contribution is 0.0871. The molecule has 0 aromatic carbocycles. The van der Waals surface area contributed by atoms with Gasteiger partial charge in [-0.25, -0.2) is 4.79 Å². The van der Waals surface area contributed by atoms with Crippen LogP contribution in [0.4, 0.5) is 4.79 Å². The van der Waals surface area contributed by atoms with Crippen LogP contribution < -0.4 is 0 Å². The third-order valence-electron chi connectivity index (χ3n) is 4.65. The minimum absolute atomic E-state index is 0.278. The molecule has 0 aromatic rings. The summed E-state index contributed by atoms with van der Waals surface area (Å²) >= 11 is 0. The average Bonchev–Trinajstić information content (AvgIpc) is 2.57. The minimum Gasteiger partial charge on any atom is -0.453 e. The highest BCUT2D eigenvalue weighted by Crippen LogP contribution is 2.07. The molecule has 0 bridgehead atoms. The molecule has 1 aliphatic rings. The van der Waals surface area contributed by atoms with Crippen molar-refractivity contribution in [3.8, 4) is 0 Å². The van der Waals surface area contributed by atoms with E-state index in [1.54, 1.807) is 11.8 Å². The molecule has 0 radical (unpaired) electrons. The molecule has 1 fully saturated rings. The Hall–Kier alpha value is -0.890. The van der Waals surface area contributed by atoms with Crippen molar-refractivity contribution in [2.45, 2.75) is 51.7 Å². The summed E-state index contributed by atoms with van der Waals surface area (Å²) in [6.45, 7) is 10.0. The Morgan fingerprint density at radius 1 is 0.960 bits per heavy atom. The largest absolute Gasteiger partial charge is 0.453 e. The molecule has 1 amide bonds. The molecule has 2 N–H and O–H groups in total. The van der Waals surface area contributed by atoms with Crippen molar-refractivity contribution in [3.05, 3.63) is 0 Å². The van der Waals surface area contributed by atoms with Crippen molar-refractivity contribution < 1.29 is 19.7 Å². The molecular formula is C18H37N3O4. The summed E-state index contributed by atoms with van der Waals surface area (Å²) in [5.74, 6) is 0. The van der Waals surface area contributed by atoms with E-state index in [1.807, 2.05) is 6.92 Å². The zero-order valence-electron chi connectivity index (χ0n) is 16.2. The van der Waals surface area contributed by atoms with Crippen LogP contribution in [-0.4, -0.2) is 103 Å². The van der Waals surface area contributed by atoms with Crippen molar-refractivity contribution in [2.24, 2.45) is 0 Å². The number of methoxy groups -OCH3 is 1. The van der Waals surface area contributed by atoms with Crippen LogP contribution in [0.5, 0.6) is 0 Å². The summed E-state index contributed by atoms with van der Waals surface area (Å²) in [6.07, 6.45) is 2.58. The Morgan fingerprint density at radius 3 is 1.88 bits per heavy atom. The summed E-state index contributed by atoms with van der Waals surface area (Å²) in [4.78, 5) is 18.2. The van der Waals surface area contributed by atoms with E-state index in [4.69, 9.17) is 4.74 Å². The molecule has 0 aliphatic carbocycles. The van der Waals surface area contributed by atoms with Crippen molar-refractivity contribution in [1.29, 1.82) is 0 Å². The highest BCUT2D eigenvalue weighted by molar-refractivity contribution is 5.67. The van der Waals surface area contributed by atoms with Gasteiger partial charge in [0.05, 0.1) is 19.3 Å². The van der Waals surface area contributed by atoms with E-state index in [9.17, 15) is 15.0 Å². The topological polar surface area (TPSA) is 76.5 Å². The monoisotopic (exact) mass is 359 g/mol. The number of hydrogen-bond donors (Lipinski definition) is 2. The number of nitrogens with zero attached hydrogens (tertiary/aromatic N) is 3. The van der Waals surface area contributed by atoms with Gasteiger partial charge in [-0.3, -0.25) is 0 Å². The lowest BCUT2D eigenvalue weighted by Gasteiger charge is -2.30. The summed E-state index contributed by atoms with van der Waals surface area (Å²) < 4.78 is 4.89. The second-order valence-corrected chi connectivity index (χ2v) is 7.03. The maximum atomic E-state index is 11.9. The van der Waals surface area contributed by atoms with Crippen LogP contribution in [0.2, 0.25) is 0 Å². The maximum Gasteiger partial charge on any atom is 0.409 e. The molecule has 1 heterocycles. The Labute approximate surface area is 152 Å². The predicted molar refractivity (Wildman–Crippen MR) is 98.7 cm³/mol. The number of carbonyl (C=O) groups excluding carboxylic acids is 1. The van der Waals surface area contributed by atoms with Gasteiger partial charge < -0.3 is 29.6 Å². The lowest BCUT2D eigenvalue weighted by atomic mass is 10.2. The molecule has 1 rings (SSSR count). The van der Waals surface area contributed by atoms with Crippen LogP contribution in [0.3, 0.4) is 0 Å². The van der Waals surface area contributed by atoms with Gasteiger partial charge in [-0.1, -0.05) is 6.92 Å². The molecule has 1 aliphatic heterocycles. The van der Waals surface area contributed by atoms with E-state index >= 15 is 0 Å².